The lowest BCUT2D eigenvalue weighted by Gasteiger charge is -2.34. The molecule has 3 rings (SSSR count). The molecule has 27 heavy (non-hydrogen) atoms. The Morgan fingerprint density at radius 3 is 2.59 bits per heavy atom. The van der Waals surface area contributed by atoms with Crippen molar-refractivity contribution in [3.8, 4) is 5.75 Å². The molecule has 0 spiro atoms. The number of aliphatic hydroxyl groups excluding tert-OH is 2. The summed E-state index contributed by atoms with van der Waals surface area (Å²) in [6.07, 6.45) is -9.41. The average molecular weight is 383 g/mol. The molecule has 1 saturated heterocycles. The van der Waals surface area contributed by atoms with Crippen LogP contribution < -0.4 is 4.74 Å². The van der Waals surface area contributed by atoms with Gasteiger partial charge >= 0.3 is 0 Å². The van der Waals surface area contributed by atoms with Gasteiger partial charge in [0.25, 0.3) is 0 Å². The lowest BCUT2D eigenvalue weighted by atomic mass is 9.86. The van der Waals surface area contributed by atoms with Gasteiger partial charge in [0.1, 0.15) is 11.6 Å². The van der Waals surface area contributed by atoms with E-state index in [1.165, 1.54) is 37.4 Å². The van der Waals surface area contributed by atoms with Crippen molar-refractivity contribution in [2.24, 2.45) is 5.89 Å². The highest BCUT2D eigenvalue weighted by atomic mass is 19.1. The highest BCUT2D eigenvalue weighted by Gasteiger charge is 2.28. The fourth-order valence-corrected chi connectivity index (χ4v) is 2.80. The topological polar surface area (TPSA) is 52.9 Å². The molecule has 2 aromatic carbocycles. The van der Waals surface area contributed by atoms with Gasteiger partial charge in [0.05, 0.1) is 19.8 Å². The van der Waals surface area contributed by atoms with Crippen LogP contribution in [0.2, 0.25) is 0 Å². The summed E-state index contributed by atoms with van der Waals surface area (Å²) in [6.45, 7) is -7.59. The molecule has 0 aromatic heterocycles. The molecule has 1 atom stereocenters. The highest BCUT2D eigenvalue weighted by Crippen LogP contribution is 2.37. The minimum atomic E-state index is -3.47. The van der Waals surface area contributed by atoms with Crippen LogP contribution >= 0.6 is 0 Å². The van der Waals surface area contributed by atoms with Gasteiger partial charge in [-0.05, 0) is 55.8 Å². The average Bonchev–Trinajstić information content (AvgIpc) is 2.82. The Morgan fingerprint density at radius 2 is 1.96 bits per heavy atom. The summed E-state index contributed by atoms with van der Waals surface area (Å²) in [5, 5.41) is 20.9. The first-order valence-corrected chi connectivity index (χ1v) is 8.49. The quantitative estimate of drug-likeness (QED) is 0.771. The number of aliphatic hydroxyl groups is 2. The summed E-state index contributed by atoms with van der Waals surface area (Å²) in [6, 6.07) is 9.13. The van der Waals surface area contributed by atoms with Crippen LogP contribution in [0.15, 0.2) is 42.5 Å². The molecule has 0 radical (unpaired) electrons. The van der Waals surface area contributed by atoms with Gasteiger partial charge in [0.2, 0.25) is 0 Å². The molecule has 0 bridgehead atoms. The van der Waals surface area contributed by atoms with Crippen LogP contribution in [0.5, 0.6) is 5.75 Å². The highest BCUT2D eigenvalue weighted by molar-refractivity contribution is 5.42. The summed E-state index contributed by atoms with van der Waals surface area (Å²) >= 11 is 0. The van der Waals surface area contributed by atoms with Gasteiger partial charge in [-0.25, -0.2) is 4.39 Å². The van der Waals surface area contributed by atoms with Crippen molar-refractivity contribution in [1.82, 2.24) is 4.90 Å². The minimum absolute atomic E-state index is 0.0641. The summed E-state index contributed by atoms with van der Waals surface area (Å²) < 4.78 is 96.1. The molecule has 2 N–H and O–H groups in total. The first-order valence-electron chi connectivity index (χ1n) is 13.0. The number of likely N-dealkylation sites (tertiary alicyclic amines) is 1. The first kappa shape index (κ1) is 11.1. The van der Waals surface area contributed by atoms with Crippen LogP contribution in [0.4, 0.5) is 4.39 Å². The Morgan fingerprint density at radius 1 is 1.26 bits per heavy atom. The van der Waals surface area contributed by atoms with Crippen molar-refractivity contribution in [1.29, 1.82) is 0 Å². The molecule has 1 heterocycles. The fourth-order valence-electron chi connectivity index (χ4n) is 2.80. The largest absolute Gasteiger partial charge is 0.496 e. The van der Waals surface area contributed by atoms with Gasteiger partial charge in [-0.15, -0.1) is 0 Å². The van der Waals surface area contributed by atoms with Crippen LogP contribution in [0.25, 0.3) is 0 Å². The predicted octanol–water partition coefficient (Wildman–Crippen LogP) is 3.31. The normalized spacial score (nSPS) is 30.6. The number of rotatable bonds is 7. The summed E-state index contributed by atoms with van der Waals surface area (Å²) in [7, 11) is 1.20. The summed E-state index contributed by atoms with van der Waals surface area (Å²) in [5.41, 5.74) is 0.345. The van der Waals surface area contributed by atoms with Gasteiger partial charge in [-0.1, -0.05) is 30.3 Å². The molecule has 1 fully saturated rings. The molecule has 1 aliphatic rings. The molecule has 5 heteroatoms. The van der Waals surface area contributed by atoms with E-state index in [0.717, 1.165) is 12.1 Å². The number of ether oxygens (including phenoxy) is 1. The molecule has 0 unspecified atom stereocenters. The Labute approximate surface area is 172 Å². The Hall–Kier alpha value is -1.95. The zero-order valence-electron chi connectivity index (χ0n) is 23.9. The van der Waals surface area contributed by atoms with Crippen LogP contribution in [0, 0.1) is 11.7 Å². The van der Waals surface area contributed by atoms with Crippen LogP contribution in [-0.4, -0.2) is 41.8 Å². The van der Waals surface area contributed by atoms with E-state index in [-0.39, 0.29) is 23.3 Å². The molecular weight excluding hydrogens is 345 g/mol. The molecule has 0 aliphatic carbocycles. The number of benzene rings is 2. The number of hydrogen-bond acceptors (Lipinski definition) is 4. The van der Waals surface area contributed by atoms with Crippen molar-refractivity contribution in [3.63, 3.8) is 0 Å². The van der Waals surface area contributed by atoms with E-state index in [9.17, 15) is 14.6 Å². The summed E-state index contributed by atoms with van der Waals surface area (Å²) in [5.74, 6) is -4.07. The van der Waals surface area contributed by atoms with E-state index in [1.54, 1.807) is 0 Å². The standard InChI is InChI=1S/C22H28FNO3/c1-27-22-18(15-25)3-2-4-20(22)21(26)17-10-13-24(14-11-17)12-9-16-5-7-19(23)8-6-16/h2-8,17,21,25-26H,9-15H2,1H3/t21-/m1/s1/i10D2,11D2,13D2,14D2,17D. The number of methoxy groups -OCH3 is 1. The van der Waals surface area contributed by atoms with Crippen molar-refractivity contribution in [2.75, 3.05) is 26.6 Å². The maximum absolute atomic E-state index is 13.2. The number of halogens is 1. The lowest BCUT2D eigenvalue weighted by Crippen LogP contribution is -2.37. The zero-order valence-corrected chi connectivity index (χ0v) is 14.9. The van der Waals surface area contributed by atoms with E-state index in [2.05, 4.69) is 0 Å². The van der Waals surface area contributed by atoms with Crippen LogP contribution in [0.1, 0.15) is 47.9 Å². The monoisotopic (exact) mass is 382 g/mol. The minimum Gasteiger partial charge on any atom is -0.496 e. The maximum atomic E-state index is 13.2. The predicted molar refractivity (Wildman–Crippen MR) is 103 cm³/mol. The van der Waals surface area contributed by atoms with E-state index in [4.69, 9.17) is 17.1 Å². The van der Waals surface area contributed by atoms with Crippen molar-refractivity contribution >= 4 is 0 Å². The second-order valence-electron chi connectivity index (χ2n) is 6.02. The Kier molecular flexibility index (Phi) is 3.84. The third-order valence-corrected chi connectivity index (χ3v) is 4.26. The van der Waals surface area contributed by atoms with Crippen LogP contribution in [-0.2, 0) is 13.0 Å². The van der Waals surface area contributed by atoms with Gasteiger partial charge in [-0.2, -0.15) is 0 Å². The molecule has 4 nitrogen and oxygen atoms in total. The Bertz CT molecular complexity index is 1070. The molecule has 1 aliphatic heterocycles. The number of piperidine rings is 1. The van der Waals surface area contributed by atoms with Crippen molar-refractivity contribution in [3.05, 3.63) is 65.0 Å². The van der Waals surface area contributed by atoms with E-state index in [0.29, 0.717) is 10.5 Å². The first-order chi connectivity index (χ1) is 16.5. The maximum Gasteiger partial charge on any atom is 0.130 e. The second-order valence-corrected chi connectivity index (χ2v) is 6.02. The molecule has 0 saturated carbocycles. The third-order valence-electron chi connectivity index (χ3n) is 4.26. The lowest BCUT2D eigenvalue weighted by molar-refractivity contribution is 0.0573. The molecule has 0 amide bonds. The van der Waals surface area contributed by atoms with Gasteiger partial charge < -0.3 is 19.8 Å². The Balaban J connectivity index is 2.14. The van der Waals surface area contributed by atoms with E-state index >= 15 is 0 Å². The van der Waals surface area contributed by atoms with Crippen molar-refractivity contribution < 1.29 is 31.7 Å². The van der Waals surface area contributed by atoms with Gasteiger partial charge in [-0.3, -0.25) is 0 Å². The van der Waals surface area contributed by atoms with E-state index in [1.807, 2.05) is 0 Å². The van der Waals surface area contributed by atoms with E-state index < -0.39 is 56.7 Å². The SMILES string of the molecule is [2H]C1([2H])N(CCc2ccc(F)cc2)C([2H])([2H])C([2H])([2H])C([2H])([C@@H](O)c2cccc(CO)c2OC)C1([2H])[2H]. The van der Waals surface area contributed by atoms with Crippen molar-refractivity contribution in [2.45, 2.75) is 31.9 Å². The molecule has 2 aromatic rings. The third kappa shape index (κ3) is 4.86. The second kappa shape index (κ2) is 9.31. The number of nitrogens with zero attached hydrogens (tertiary/aromatic N) is 1. The molecule has 146 valence electrons. The number of hydrogen-bond donors (Lipinski definition) is 2. The van der Waals surface area contributed by atoms with Gasteiger partial charge in [0, 0.05) is 30.0 Å². The van der Waals surface area contributed by atoms with Crippen LogP contribution in [0.3, 0.4) is 0 Å². The zero-order chi connectivity index (χ0) is 27.3. The fraction of sp³-hybridized carbons (Fsp3) is 0.455. The van der Waals surface area contributed by atoms with Gasteiger partial charge in [0.15, 0.2) is 0 Å². The number of para-hydroxylation sites is 1. The summed E-state index contributed by atoms with van der Waals surface area (Å²) in [4.78, 5) is 0.379. The smallest absolute Gasteiger partial charge is 0.130 e. The molecular formula is C22H28FNO3.